The van der Waals surface area contributed by atoms with E-state index < -0.39 is 5.82 Å². The average Bonchev–Trinajstić information content (AvgIpc) is 2.40. The maximum atomic E-state index is 13.6. The van der Waals surface area contributed by atoms with E-state index in [2.05, 4.69) is 0 Å². The van der Waals surface area contributed by atoms with Crippen LogP contribution in [0.2, 0.25) is 0 Å². The molecule has 0 bridgehead atoms. The molecule has 0 spiro atoms. The topological polar surface area (TPSA) is 23.8 Å². The number of hydrogen-bond acceptors (Lipinski definition) is 1. The van der Waals surface area contributed by atoms with E-state index in [4.69, 9.17) is 5.26 Å². The van der Waals surface area contributed by atoms with Crippen LogP contribution in [-0.4, -0.2) is 0 Å². The summed E-state index contributed by atoms with van der Waals surface area (Å²) < 4.78 is 26.9. The molecule has 2 aromatic rings. The molecule has 94 valence electrons. The molecule has 0 unspecified atom stereocenters. The van der Waals surface area contributed by atoms with Crippen molar-refractivity contribution in [2.75, 3.05) is 0 Å². The summed E-state index contributed by atoms with van der Waals surface area (Å²) in [6.45, 7) is 1.63. The van der Waals surface area contributed by atoms with Gasteiger partial charge in [0, 0.05) is 6.08 Å². The Kier molecular flexibility index (Phi) is 3.72. The number of allylic oxidation sites excluding steroid dienone is 1. The molecule has 0 radical (unpaired) electrons. The van der Waals surface area contributed by atoms with Crippen LogP contribution >= 0.6 is 0 Å². The highest BCUT2D eigenvalue weighted by Crippen LogP contribution is 2.27. The second-order valence-electron chi connectivity index (χ2n) is 4.11. The second kappa shape index (κ2) is 5.45. The van der Waals surface area contributed by atoms with Gasteiger partial charge in [-0.2, -0.15) is 5.26 Å². The number of nitriles is 1. The fourth-order valence-corrected chi connectivity index (χ4v) is 1.94. The molecule has 0 fully saturated rings. The maximum absolute atomic E-state index is 13.6. The lowest BCUT2D eigenvalue weighted by Gasteiger charge is -2.11. The van der Waals surface area contributed by atoms with Gasteiger partial charge >= 0.3 is 0 Å². The minimum Gasteiger partial charge on any atom is -0.207 e. The minimum absolute atomic E-state index is 0.349. The molecule has 0 saturated carbocycles. The maximum Gasteiger partial charge on any atom is 0.126 e. The Morgan fingerprint density at radius 3 is 2.58 bits per heavy atom. The molecule has 1 nitrogen and oxygen atoms in total. The summed E-state index contributed by atoms with van der Waals surface area (Å²) in [4.78, 5) is 0. The lowest BCUT2D eigenvalue weighted by Crippen LogP contribution is -1.95. The van der Waals surface area contributed by atoms with Gasteiger partial charge in [0.05, 0.1) is 6.07 Å². The second-order valence-corrected chi connectivity index (χ2v) is 4.11. The highest BCUT2D eigenvalue weighted by atomic mass is 19.1. The molecule has 0 atom stereocenters. The summed E-state index contributed by atoms with van der Waals surface area (Å²) in [7, 11) is 0. The van der Waals surface area contributed by atoms with Crippen molar-refractivity contribution < 1.29 is 8.78 Å². The van der Waals surface area contributed by atoms with E-state index in [9.17, 15) is 8.78 Å². The molecule has 19 heavy (non-hydrogen) atoms. The van der Waals surface area contributed by atoms with Gasteiger partial charge in [-0.3, -0.25) is 0 Å². The largest absolute Gasteiger partial charge is 0.207 e. The van der Waals surface area contributed by atoms with Gasteiger partial charge in [-0.25, -0.2) is 8.78 Å². The summed E-state index contributed by atoms with van der Waals surface area (Å²) in [6, 6.07) is 12.5. The molecule has 0 aliphatic carbocycles. The highest BCUT2D eigenvalue weighted by Gasteiger charge is 2.11. The predicted octanol–water partition coefficient (Wildman–Crippen LogP) is 4.23. The van der Waals surface area contributed by atoms with Gasteiger partial charge in [0.25, 0.3) is 0 Å². The van der Waals surface area contributed by atoms with Crippen molar-refractivity contribution in [1.82, 2.24) is 0 Å². The van der Waals surface area contributed by atoms with Crippen LogP contribution in [0.1, 0.15) is 16.7 Å². The van der Waals surface area contributed by atoms with Gasteiger partial charge in [0.2, 0.25) is 0 Å². The zero-order valence-electron chi connectivity index (χ0n) is 10.3. The van der Waals surface area contributed by atoms with Gasteiger partial charge in [-0.1, -0.05) is 24.3 Å². The molecule has 0 aliphatic rings. The van der Waals surface area contributed by atoms with E-state index >= 15 is 0 Å². The van der Waals surface area contributed by atoms with Crippen LogP contribution in [0.5, 0.6) is 0 Å². The number of halogens is 2. The quantitative estimate of drug-likeness (QED) is 0.737. The molecule has 0 aromatic heterocycles. The van der Waals surface area contributed by atoms with Crippen molar-refractivity contribution in [3.8, 4) is 6.07 Å². The van der Waals surface area contributed by atoms with E-state index in [0.717, 1.165) is 0 Å². The third-order valence-corrected chi connectivity index (χ3v) is 2.90. The lowest BCUT2D eigenvalue weighted by molar-refractivity contribution is 0.618. The molecule has 0 heterocycles. The van der Waals surface area contributed by atoms with Gasteiger partial charge in [0.1, 0.15) is 11.6 Å². The first-order chi connectivity index (χ1) is 9.13. The van der Waals surface area contributed by atoms with Crippen LogP contribution in [0.25, 0.3) is 5.57 Å². The van der Waals surface area contributed by atoms with Gasteiger partial charge in [-0.15, -0.1) is 0 Å². The number of hydrogen-bond donors (Lipinski definition) is 0. The summed E-state index contributed by atoms with van der Waals surface area (Å²) >= 11 is 0. The third-order valence-electron chi connectivity index (χ3n) is 2.90. The van der Waals surface area contributed by atoms with E-state index in [-0.39, 0.29) is 5.82 Å². The smallest absolute Gasteiger partial charge is 0.126 e. The van der Waals surface area contributed by atoms with Gasteiger partial charge in [-0.05, 0) is 47.4 Å². The molecule has 2 aromatic carbocycles. The zero-order valence-corrected chi connectivity index (χ0v) is 10.3. The van der Waals surface area contributed by atoms with E-state index in [0.29, 0.717) is 22.3 Å². The summed E-state index contributed by atoms with van der Waals surface area (Å²) in [5, 5.41) is 8.87. The first kappa shape index (κ1) is 13.0. The molecule has 3 heteroatoms. The Morgan fingerprint density at radius 2 is 1.89 bits per heavy atom. The summed E-state index contributed by atoms with van der Waals surface area (Å²) in [6.07, 6.45) is 1.30. The molecule has 2 rings (SSSR count). The number of benzene rings is 2. The number of rotatable bonds is 2. The Hall–Kier alpha value is -2.47. The Bertz CT molecular complexity index is 681. The van der Waals surface area contributed by atoms with Crippen LogP contribution in [0, 0.1) is 29.9 Å². The lowest BCUT2D eigenvalue weighted by atomic mass is 9.94. The Morgan fingerprint density at radius 1 is 1.16 bits per heavy atom. The zero-order chi connectivity index (χ0) is 13.8. The molecule has 0 saturated heterocycles. The molecule has 0 aliphatic heterocycles. The first-order valence-electron chi connectivity index (χ1n) is 5.74. The van der Waals surface area contributed by atoms with E-state index in [1.165, 1.54) is 24.3 Å². The van der Waals surface area contributed by atoms with E-state index in [1.54, 1.807) is 31.2 Å². The average molecular weight is 255 g/mol. The molecule has 0 N–H and O–H groups in total. The molecular weight excluding hydrogens is 244 g/mol. The van der Waals surface area contributed by atoms with Crippen LogP contribution in [0.4, 0.5) is 8.78 Å². The number of nitrogens with zero attached hydrogens (tertiary/aromatic N) is 1. The first-order valence-corrected chi connectivity index (χ1v) is 5.74. The minimum atomic E-state index is -0.393. The van der Waals surface area contributed by atoms with E-state index in [1.807, 2.05) is 6.07 Å². The fraction of sp³-hybridized carbons (Fsp3) is 0.0625. The van der Waals surface area contributed by atoms with Gasteiger partial charge in [0.15, 0.2) is 0 Å². The van der Waals surface area contributed by atoms with Crippen molar-refractivity contribution in [3.05, 3.63) is 76.9 Å². The van der Waals surface area contributed by atoms with Gasteiger partial charge < -0.3 is 0 Å². The SMILES string of the molecule is Cc1c(F)cccc1C(=CC#N)c1cccc(F)c1. The highest BCUT2D eigenvalue weighted by molar-refractivity contribution is 5.82. The molecule has 0 amide bonds. The van der Waals surface area contributed by atoms with Crippen molar-refractivity contribution >= 4 is 5.57 Å². The molecular formula is C16H11F2N. The van der Waals surface area contributed by atoms with Crippen LogP contribution < -0.4 is 0 Å². The van der Waals surface area contributed by atoms with Crippen LogP contribution in [-0.2, 0) is 0 Å². The van der Waals surface area contributed by atoms with Crippen molar-refractivity contribution in [1.29, 1.82) is 5.26 Å². The normalized spacial score (nSPS) is 11.2. The Labute approximate surface area is 110 Å². The van der Waals surface area contributed by atoms with Crippen molar-refractivity contribution in [2.45, 2.75) is 6.92 Å². The predicted molar refractivity (Wildman–Crippen MR) is 70.2 cm³/mol. The van der Waals surface area contributed by atoms with Crippen LogP contribution in [0.3, 0.4) is 0 Å². The summed E-state index contributed by atoms with van der Waals surface area (Å²) in [5.41, 5.74) is 2.09. The van der Waals surface area contributed by atoms with Crippen LogP contribution in [0.15, 0.2) is 48.5 Å². The Balaban J connectivity index is 2.63. The summed E-state index contributed by atoms with van der Waals surface area (Å²) in [5.74, 6) is -0.742. The van der Waals surface area contributed by atoms with Crippen molar-refractivity contribution in [3.63, 3.8) is 0 Å². The monoisotopic (exact) mass is 255 g/mol. The third kappa shape index (κ3) is 2.69. The standard InChI is InChI=1S/C16H11F2N/c1-11-14(6-3-7-16(11)18)15(8-9-19)12-4-2-5-13(17)10-12/h2-8,10H,1H3. The van der Waals surface area contributed by atoms with Crippen molar-refractivity contribution in [2.24, 2.45) is 0 Å². The fourth-order valence-electron chi connectivity index (χ4n) is 1.94.